The van der Waals surface area contributed by atoms with E-state index < -0.39 is 0 Å². The van der Waals surface area contributed by atoms with Gasteiger partial charge in [0.2, 0.25) is 0 Å². The highest BCUT2D eigenvalue weighted by Crippen LogP contribution is 2.36. The molecule has 0 saturated heterocycles. The van der Waals surface area contributed by atoms with Crippen LogP contribution in [0.2, 0.25) is 0 Å². The Morgan fingerprint density at radius 2 is 1.18 bits per heavy atom. The van der Waals surface area contributed by atoms with Crippen molar-refractivity contribution >= 4 is 35.3 Å². The lowest BCUT2D eigenvalue weighted by Gasteiger charge is -2.33. The first-order chi connectivity index (χ1) is 10.7. The van der Waals surface area contributed by atoms with E-state index in [1.54, 1.807) is 0 Å². The number of hydrogen-bond donors (Lipinski definition) is 0. The largest absolute Gasteiger partial charge is 0.162 e. The predicted octanol–water partition coefficient (Wildman–Crippen LogP) is 7.15. The van der Waals surface area contributed by atoms with E-state index in [2.05, 4.69) is 68.7 Å². The van der Waals surface area contributed by atoms with E-state index in [0.717, 1.165) is 0 Å². The van der Waals surface area contributed by atoms with Crippen LogP contribution in [0, 0.1) is 5.41 Å². The van der Waals surface area contributed by atoms with Crippen molar-refractivity contribution < 1.29 is 0 Å². The lowest BCUT2D eigenvalue weighted by Crippen LogP contribution is -2.30. The molecular formula is C19H38S3. The first kappa shape index (κ1) is 22.8. The quantitative estimate of drug-likeness (QED) is 0.199. The molecule has 0 atom stereocenters. The van der Waals surface area contributed by atoms with Crippen LogP contribution in [0.15, 0.2) is 12.7 Å². The van der Waals surface area contributed by atoms with Gasteiger partial charge < -0.3 is 0 Å². The van der Waals surface area contributed by atoms with Crippen molar-refractivity contribution in [1.82, 2.24) is 0 Å². The highest BCUT2D eigenvalue weighted by molar-refractivity contribution is 8.01. The van der Waals surface area contributed by atoms with Crippen LogP contribution in [-0.2, 0) is 0 Å². The molecule has 0 heterocycles. The average Bonchev–Trinajstić information content (AvgIpc) is 2.55. The molecule has 0 fully saturated rings. The minimum atomic E-state index is 0.573. The fourth-order valence-electron chi connectivity index (χ4n) is 2.62. The Labute approximate surface area is 153 Å². The molecule has 0 aromatic rings. The number of unbranched alkanes of at least 4 members (excludes halogenated alkanes) is 5. The van der Waals surface area contributed by atoms with Gasteiger partial charge in [0.15, 0.2) is 0 Å². The van der Waals surface area contributed by atoms with Crippen LogP contribution in [0.1, 0.15) is 65.7 Å². The summed E-state index contributed by atoms with van der Waals surface area (Å²) in [6.07, 6.45) is 11.6. The third-order valence-electron chi connectivity index (χ3n) is 3.95. The second kappa shape index (κ2) is 16.6. The number of thioether (sulfide) groups is 3. The minimum absolute atomic E-state index is 0.573. The fourth-order valence-corrected chi connectivity index (χ4v) is 5.96. The lowest BCUT2D eigenvalue weighted by molar-refractivity contribution is 0.381. The maximum Gasteiger partial charge on any atom is 0.000492 e. The smallest absolute Gasteiger partial charge is 0.000492 e. The molecule has 0 bridgehead atoms. The monoisotopic (exact) mass is 362 g/mol. The number of rotatable bonds is 17. The van der Waals surface area contributed by atoms with Crippen molar-refractivity contribution in [3.63, 3.8) is 0 Å². The molecule has 0 aliphatic carbocycles. The predicted molar refractivity (Wildman–Crippen MR) is 114 cm³/mol. The van der Waals surface area contributed by atoms with Gasteiger partial charge in [-0.05, 0) is 41.9 Å². The van der Waals surface area contributed by atoms with Gasteiger partial charge in [0.25, 0.3) is 0 Å². The fraction of sp³-hybridized carbons (Fsp3) is 0.895. The van der Waals surface area contributed by atoms with E-state index in [0.29, 0.717) is 5.41 Å². The molecule has 22 heavy (non-hydrogen) atoms. The van der Waals surface area contributed by atoms with Crippen molar-refractivity contribution in [2.24, 2.45) is 5.41 Å². The van der Waals surface area contributed by atoms with Crippen LogP contribution >= 0.6 is 35.3 Å². The van der Waals surface area contributed by atoms with Crippen LogP contribution in [0.4, 0.5) is 0 Å². The normalized spacial score (nSPS) is 11.8. The lowest BCUT2D eigenvalue weighted by atomic mass is 9.88. The molecule has 0 spiro atoms. The molecule has 0 rings (SSSR count). The Hall–Kier alpha value is 0.790. The highest BCUT2D eigenvalue weighted by Gasteiger charge is 2.29. The van der Waals surface area contributed by atoms with Crippen LogP contribution in [0.5, 0.6) is 0 Å². The van der Waals surface area contributed by atoms with Gasteiger partial charge in [0.05, 0.1) is 0 Å². The Morgan fingerprint density at radius 3 is 1.64 bits per heavy atom. The van der Waals surface area contributed by atoms with Gasteiger partial charge in [-0.3, -0.25) is 0 Å². The molecule has 0 aliphatic rings. The zero-order valence-electron chi connectivity index (χ0n) is 15.2. The summed E-state index contributed by atoms with van der Waals surface area (Å²) >= 11 is 6.46. The Bertz CT molecular complexity index is 219. The summed E-state index contributed by atoms with van der Waals surface area (Å²) in [5.74, 6) is 7.87. The molecule has 3 heteroatoms. The van der Waals surface area contributed by atoms with E-state index >= 15 is 0 Å². The highest BCUT2D eigenvalue weighted by atomic mass is 32.2. The van der Waals surface area contributed by atoms with Crippen LogP contribution in [0.3, 0.4) is 0 Å². The second-order valence-corrected chi connectivity index (χ2v) is 9.83. The standard InChI is InChI=1S/C19H38S3/c1-5-9-10-11-12-13-14-15-19(16-20-6-2,17-21-7-3)18-22-8-4/h5H,1,6-18H2,2-4H3. The van der Waals surface area contributed by atoms with Crippen molar-refractivity contribution in [3.8, 4) is 0 Å². The molecule has 0 N–H and O–H groups in total. The van der Waals surface area contributed by atoms with Crippen LogP contribution in [0.25, 0.3) is 0 Å². The van der Waals surface area contributed by atoms with E-state index in [9.17, 15) is 0 Å². The van der Waals surface area contributed by atoms with E-state index in [4.69, 9.17) is 0 Å². The molecular weight excluding hydrogens is 324 g/mol. The maximum atomic E-state index is 3.81. The summed E-state index contributed by atoms with van der Waals surface area (Å²) in [5.41, 5.74) is 0.573. The van der Waals surface area contributed by atoms with Crippen molar-refractivity contribution in [3.05, 3.63) is 12.7 Å². The number of allylic oxidation sites excluding steroid dienone is 1. The Balaban J connectivity index is 4.23. The molecule has 0 radical (unpaired) electrons. The molecule has 0 nitrogen and oxygen atoms in total. The Morgan fingerprint density at radius 1 is 0.727 bits per heavy atom. The molecule has 0 aromatic carbocycles. The molecule has 132 valence electrons. The number of hydrogen-bond acceptors (Lipinski definition) is 3. The maximum absolute atomic E-state index is 3.81. The minimum Gasteiger partial charge on any atom is -0.162 e. The molecule has 0 unspecified atom stereocenters. The SMILES string of the molecule is C=CCCCCCCCC(CSCC)(CSCC)CSCC. The summed E-state index contributed by atoms with van der Waals surface area (Å²) in [4.78, 5) is 0. The molecule has 0 saturated carbocycles. The van der Waals surface area contributed by atoms with E-state index in [-0.39, 0.29) is 0 Å². The third kappa shape index (κ3) is 12.2. The molecule has 0 aromatic heterocycles. The van der Waals surface area contributed by atoms with Gasteiger partial charge >= 0.3 is 0 Å². The van der Waals surface area contributed by atoms with Gasteiger partial charge in [-0.2, -0.15) is 35.3 Å². The summed E-state index contributed by atoms with van der Waals surface area (Å²) in [5, 5.41) is 0. The van der Waals surface area contributed by atoms with E-state index in [1.165, 1.54) is 79.5 Å². The first-order valence-corrected chi connectivity index (χ1v) is 12.5. The van der Waals surface area contributed by atoms with Gasteiger partial charge in [-0.15, -0.1) is 6.58 Å². The zero-order chi connectivity index (χ0) is 16.5. The molecule has 0 amide bonds. The third-order valence-corrected chi connectivity index (χ3v) is 7.63. The summed E-state index contributed by atoms with van der Waals surface area (Å²) in [6, 6.07) is 0. The van der Waals surface area contributed by atoms with Crippen molar-refractivity contribution in [1.29, 1.82) is 0 Å². The summed E-state index contributed by atoms with van der Waals surface area (Å²) in [6.45, 7) is 10.7. The van der Waals surface area contributed by atoms with Gasteiger partial charge in [-0.25, -0.2) is 0 Å². The summed E-state index contributed by atoms with van der Waals surface area (Å²) in [7, 11) is 0. The van der Waals surface area contributed by atoms with Gasteiger partial charge in [0.1, 0.15) is 0 Å². The second-order valence-electron chi connectivity index (χ2n) is 6.01. The zero-order valence-corrected chi connectivity index (χ0v) is 17.7. The summed E-state index contributed by atoms with van der Waals surface area (Å²) < 4.78 is 0. The van der Waals surface area contributed by atoms with Crippen LogP contribution < -0.4 is 0 Å². The van der Waals surface area contributed by atoms with Gasteiger partial charge in [-0.1, -0.05) is 52.5 Å². The van der Waals surface area contributed by atoms with Crippen molar-refractivity contribution in [2.75, 3.05) is 34.5 Å². The first-order valence-electron chi connectivity index (χ1n) is 9.08. The van der Waals surface area contributed by atoms with Crippen LogP contribution in [-0.4, -0.2) is 34.5 Å². The topological polar surface area (TPSA) is 0 Å². The average molecular weight is 363 g/mol. The molecule has 0 aliphatic heterocycles. The van der Waals surface area contributed by atoms with Crippen molar-refractivity contribution in [2.45, 2.75) is 65.7 Å². The van der Waals surface area contributed by atoms with Gasteiger partial charge in [0, 0.05) is 17.3 Å². The Kier molecular flexibility index (Phi) is 17.2. The van der Waals surface area contributed by atoms with E-state index in [1.807, 2.05) is 0 Å².